The standard InChI is InChI=1S/C23H37N/c1-18(2)19(3,4)21(7,8)23(10)22(9,20(18,5)6)16-14-12-13-15-17(16)24(23)11/h12-15H,1-11H3. The van der Waals surface area contributed by atoms with Gasteiger partial charge in [-0.15, -0.1) is 0 Å². The van der Waals surface area contributed by atoms with Gasteiger partial charge in [0, 0.05) is 18.2 Å². The second-order valence-electron chi connectivity index (χ2n) is 10.8. The second-order valence-corrected chi connectivity index (χ2v) is 10.8. The highest BCUT2D eigenvalue weighted by atomic mass is 15.3. The SMILES string of the molecule is CN1c2ccccc2C2(C)C(C)(C)C(C)(C)C(C)(C)C(C)(C)C12C. The van der Waals surface area contributed by atoms with Gasteiger partial charge in [0.1, 0.15) is 0 Å². The van der Waals surface area contributed by atoms with Gasteiger partial charge in [-0.05, 0) is 40.2 Å². The molecule has 1 heteroatoms. The van der Waals surface area contributed by atoms with Crippen LogP contribution in [0.1, 0.15) is 74.8 Å². The third-order valence-electron chi connectivity index (χ3n) is 10.6. The van der Waals surface area contributed by atoms with Crippen molar-refractivity contribution in [3.8, 4) is 0 Å². The molecule has 1 aromatic rings. The third-order valence-corrected chi connectivity index (χ3v) is 10.6. The van der Waals surface area contributed by atoms with E-state index in [4.69, 9.17) is 0 Å². The summed E-state index contributed by atoms with van der Waals surface area (Å²) in [5, 5.41) is 0. The maximum atomic E-state index is 2.60. The monoisotopic (exact) mass is 327 g/mol. The van der Waals surface area contributed by atoms with Crippen LogP contribution >= 0.6 is 0 Å². The van der Waals surface area contributed by atoms with Crippen LogP contribution in [0, 0.1) is 21.7 Å². The van der Waals surface area contributed by atoms with Gasteiger partial charge in [-0.3, -0.25) is 0 Å². The van der Waals surface area contributed by atoms with E-state index in [0.29, 0.717) is 0 Å². The van der Waals surface area contributed by atoms with Gasteiger partial charge in [-0.25, -0.2) is 0 Å². The molecule has 1 heterocycles. The van der Waals surface area contributed by atoms with Crippen molar-refractivity contribution >= 4 is 5.69 Å². The minimum Gasteiger partial charge on any atom is -0.367 e. The Bertz CT molecular complexity index is 694. The minimum absolute atomic E-state index is 0.0478. The lowest BCUT2D eigenvalue weighted by molar-refractivity contribution is -0.224. The molecule has 0 bridgehead atoms. The molecule has 0 spiro atoms. The van der Waals surface area contributed by atoms with Crippen LogP contribution in [0.2, 0.25) is 0 Å². The van der Waals surface area contributed by atoms with Gasteiger partial charge in [-0.2, -0.15) is 0 Å². The summed E-state index contributed by atoms with van der Waals surface area (Å²) in [4.78, 5) is 2.60. The molecule has 0 saturated heterocycles. The number of likely N-dealkylation sites (N-methyl/N-ethyl adjacent to an activating group) is 1. The summed E-state index contributed by atoms with van der Waals surface area (Å²) in [6, 6.07) is 9.11. The van der Waals surface area contributed by atoms with E-state index in [2.05, 4.69) is 105 Å². The normalized spacial score (nSPS) is 37.7. The fourth-order valence-electron chi connectivity index (χ4n) is 6.81. The van der Waals surface area contributed by atoms with Gasteiger partial charge in [0.25, 0.3) is 0 Å². The minimum atomic E-state index is 0.0478. The topological polar surface area (TPSA) is 3.24 Å². The zero-order valence-electron chi connectivity index (χ0n) is 17.8. The van der Waals surface area contributed by atoms with E-state index in [1.165, 1.54) is 11.3 Å². The van der Waals surface area contributed by atoms with Crippen molar-refractivity contribution in [1.82, 2.24) is 0 Å². The van der Waals surface area contributed by atoms with E-state index >= 15 is 0 Å². The average Bonchev–Trinajstić information content (AvgIpc) is 2.67. The van der Waals surface area contributed by atoms with Gasteiger partial charge >= 0.3 is 0 Å². The molecule has 134 valence electrons. The van der Waals surface area contributed by atoms with E-state index in [1.807, 2.05) is 0 Å². The molecule has 3 rings (SSSR count). The Morgan fingerprint density at radius 2 is 1.08 bits per heavy atom. The Morgan fingerprint density at radius 3 is 1.62 bits per heavy atom. The summed E-state index contributed by atoms with van der Waals surface area (Å²) < 4.78 is 0. The molecule has 0 N–H and O–H groups in total. The van der Waals surface area contributed by atoms with Gasteiger partial charge in [0.05, 0.1) is 5.54 Å². The zero-order valence-corrected chi connectivity index (χ0v) is 17.8. The Balaban J connectivity index is 2.49. The quantitative estimate of drug-likeness (QED) is 0.542. The highest BCUT2D eigenvalue weighted by Gasteiger charge is 2.78. The molecule has 1 aliphatic carbocycles. The lowest BCUT2D eigenvalue weighted by atomic mass is 9.29. The van der Waals surface area contributed by atoms with Crippen LogP contribution < -0.4 is 4.90 Å². The Morgan fingerprint density at radius 1 is 0.625 bits per heavy atom. The number of nitrogens with zero attached hydrogens (tertiary/aromatic N) is 1. The van der Waals surface area contributed by atoms with E-state index < -0.39 is 0 Å². The average molecular weight is 328 g/mol. The number of fused-ring (bicyclic) bond motifs is 3. The van der Waals surface area contributed by atoms with Crippen LogP contribution in [0.5, 0.6) is 0 Å². The van der Waals surface area contributed by atoms with Crippen LogP contribution in [-0.2, 0) is 5.41 Å². The summed E-state index contributed by atoms with van der Waals surface area (Å²) in [5.41, 5.74) is 3.73. The Hall–Kier alpha value is -0.980. The second kappa shape index (κ2) is 4.22. The molecule has 2 unspecified atom stereocenters. The lowest BCUT2D eigenvalue weighted by Crippen LogP contribution is -2.79. The van der Waals surface area contributed by atoms with Crippen molar-refractivity contribution < 1.29 is 0 Å². The molecular weight excluding hydrogens is 290 g/mol. The summed E-state index contributed by atoms with van der Waals surface area (Å²) in [7, 11) is 2.32. The summed E-state index contributed by atoms with van der Waals surface area (Å²) in [5.74, 6) is 0. The number of para-hydroxylation sites is 1. The largest absolute Gasteiger partial charge is 0.367 e. The van der Waals surface area contributed by atoms with E-state index in [-0.39, 0.29) is 32.6 Å². The highest BCUT2D eigenvalue weighted by Crippen LogP contribution is 2.79. The number of rotatable bonds is 0. The molecule has 0 radical (unpaired) electrons. The molecule has 0 aromatic heterocycles. The maximum Gasteiger partial charge on any atom is 0.0526 e. The van der Waals surface area contributed by atoms with E-state index in [9.17, 15) is 0 Å². The Kier molecular flexibility index (Phi) is 3.13. The summed E-state index contributed by atoms with van der Waals surface area (Å²) in [6.07, 6.45) is 0. The summed E-state index contributed by atoms with van der Waals surface area (Å²) in [6.45, 7) is 25.1. The van der Waals surface area contributed by atoms with Gasteiger partial charge in [-0.1, -0.05) is 80.5 Å². The first-order valence-electron chi connectivity index (χ1n) is 9.47. The molecule has 1 nitrogen and oxygen atoms in total. The lowest BCUT2D eigenvalue weighted by Gasteiger charge is -2.76. The van der Waals surface area contributed by atoms with Gasteiger partial charge in [0.2, 0.25) is 0 Å². The molecule has 1 aliphatic heterocycles. The fraction of sp³-hybridized carbons (Fsp3) is 0.739. The predicted molar refractivity (Wildman–Crippen MR) is 106 cm³/mol. The molecule has 24 heavy (non-hydrogen) atoms. The first-order valence-corrected chi connectivity index (χ1v) is 9.47. The van der Waals surface area contributed by atoms with Crippen LogP contribution in [0.15, 0.2) is 24.3 Å². The van der Waals surface area contributed by atoms with Crippen molar-refractivity contribution in [2.24, 2.45) is 21.7 Å². The van der Waals surface area contributed by atoms with Crippen molar-refractivity contribution in [2.75, 3.05) is 11.9 Å². The molecule has 2 aliphatic rings. The van der Waals surface area contributed by atoms with E-state index in [0.717, 1.165) is 0 Å². The first-order chi connectivity index (χ1) is 10.6. The predicted octanol–water partition coefficient (Wildman–Crippen LogP) is 6.27. The van der Waals surface area contributed by atoms with Crippen LogP contribution in [0.25, 0.3) is 0 Å². The van der Waals surface area contributed by atoms with Crippen molar-refractivity contribution in [3.63, 3.8) is 0 Å². The zero-order chi connectivity index (χ0) is 18.6. The van der Waals surface area contributed by atoms with Crippen LogP contribution in [0.3, 0.4) is 0 Å². The fourth-order valence-corrected chi connectivity index (χ4v) is 6.81. The van der Waals surface area contributed by atoms with Gasteiger partial charge in [0.15, 0.2) is 0 Å². The third kappa shape index (κ3) is 1.32. The van der Waals surface area contributed by atoms with Crippen molar-refractivity contribution in [2.45, 2.75) is 80.2 Å². The van der Waals surface area contributed by atoms with Crippen LogP contribution in [0.4, 0.5) is 5.69 Å². The maximum absolute atomic E-state index is 2.60. The van der Waals surface area contributed by atoms with Crippen LogP contribution in [-0.4, -0.2) is 12.6 Å². The number of hydrogen-bond donors (Lipinski definition) is 0. The van der Waals surface area contributed by atoms with E-state index in [1.54, 1.807) is 0 Å². The van der Waals surface area contributed by atoms with Crippen molar-refractivity contribution in [1.29, 1.82) is 0 Å². The number of hydrogen-bond acceptors (Lipinski definition) is 1. The molecule has 1 saturated carbocycles. The Labute approximate surface area is 149 Å². The molecule has 1 aromatic carbocycles. The number of benzene rings is 1. The molecule has 0 amide bonds. The number of anilines is 1. The van der Waals surface area contributed by atoms with Gasteiger partial charge < -0.3 is 4.90 Å². The highest BCUT2D eigenvalue weighted by molar-refractivity contribution is 5.69. The molecular formula is C23H37N. The molecule has 1 fully saturated rings. The molecule has 2 atom stereocenters. The smallest absolute Gasteiger partial charge is 0.0526 e. The van der Waals surface area contributed by atoms with Crippen molar-refractivity contribution in [3.05, 3.63) is 29.8 Å². The first kappa shape index (κ1) is 17.8. The summed E-state index contributed by atoms with van der Waals surface area (Å²) >= 11 is 0.